The summed E-state index contributed by atoms with van der Waals surface area (Å²) >= 11 is 0. The highest BCUT2D eigenvalue weighted by molar-refractivity contribution is 5.84. The molecular weight excluding hydrogens is 388 g/mol. The summed E-state index contributed by atoms with van der Waals surface area (Å²) in [5, 5.41) is 0. The molecule has 1 aromatic carbocycles. The zero-order valence-electron chi connectivity index (χ0n) is 19.2. The lowest BCUT2D eigenvalue weighted by Crippen LogP contribution is -2.42. The number of aromatic nitrogens is 2. The van der Waals surface area contributed by atoms with E-state index in [4.69, 9.17) is 4.98 Å². The molecule has 0 radical (unpaired) electrons. The lowest BCUT2D eigenvalue weighted by atomic mass is 9.65. The van der Waals surface area contributed by atoms with E-state index in [2.05, 4.69) is 25.7 Å². The van der Waals surface area contributed by atoms with Gasteiger partial charge in [0.15, 0.2) is 5.82 Å². The molecule has 3 unspecified atom stereocenters. The molecule has 6 heteroatoms. The molecule has 1 aromatic heterocycles. The maximum Gasteiger partial charge on any atom is 0.294 e. The number of fused-ring (bicyclic) bond motifs is 3. The number of para-hydroxylation sites is 2. The molecule has 3 atom stereocenters. The van der Waals surface area contributed by atoms with Crippen LogP contribution in [0.3, 0.4) is 0 Å². The lowest BCUT2D eigenvalue weighted by Gasteiger charge is -2.39. The summed E-state index contributed by atoms with van der Waals surface area (Å²) in [6.45, 7) is 11.3. The van der Waals surface area contributed by atoms with Gasteiger partial charge >= 0.3 is 0 Å². The van der Waals surface area contributed by atoms with Gasteiger partial charge in [-0.2, -0.15) is 0 Å². The van der Waals surface area contributed by atoms with Crippen molar-refractivity contribution in [3.05, 3.63) is 34.6 Å². The number of likely N-dealkylation sites (tertiary alicyclic amines) is 1. The van der Waals surface area contributed by atoms with E-state index in [0.29, 0.717) is 11.9 Å². The second-order valence-electron chi connectivity index (χ2n) is 11.1. The van der Waals surface area contributed by atoms with Crippen LogP contribution in [-0.4, -0.2) is 46.0 Å². The van der Waals surface area contributed by atoms with Crippen molar-refractivity contribution in [2.45, 2.75) is 71.9 Å². The number of rotatable bonds is 3. The van der Waals surface area contributed by atoms with E-state index in [-0.39, 0.29) is 22.3 Å². The Hall–Kier alpha value is -2.37. The summed E-state index contributed by atoms with van der Waals surface area (Å²) in [5.41, 5.74) is 1.86. The minimum absolute atomic E-state index is 0.0372. The molecule has 0 spiro atoms. The number of carbonyl (C=O) groups is 1. The third-order valence-electron chi connectivity index (χ3n) is 7.63. The van der Waals surface area contributed by atoms with Gasteiger partial charge < -0.3 is 9.80 Å². The Morgan fingerprint density at radius 2 is 1.84 bits per heavy atom. The molecule has 1 saturated carbocycles. The zero-order chi connectivity index (χ0) is 22.0. The molecule has 2 aliphatic heterocycles. The van der Waals surface area contributed by atoms with E-state index in [9.17, 15) is 9.59 Å². The van der Waals surface area contributed by atoms with Crippen LogP contribution in [0.5, 0.6) is 0 Å². The molecule has 5 rings (SSSR count). The Labute approximate surface area is 184 Å². The molecule has 1 amide bonds. The first-order valence-corrected chi connectivity index (χ1v) is 11.7. The molecule has 3 heterocycles. The van der Waals surface area contributed by atoms with Crippen molar-refractivity contribution in [1.29, 1.82) is 0 Å². The minimum Gasteiger partial charge on any atom is -0.348 e. The third-order valence-corrected chi connectivity index (χ3v) is 7.63. The summed E-state index contributed by atoms with van der Waals surface area (Å²) in [7, 11) is 0. The van der Waals surface area contributed by atoms with Crippen LogP contribution in [0.15, 0.2) is 29.1 Å². The van der Waals surface area contributed by atoms with Crippen molar-refractivity contribution in [2.75, 3.05) is 24.5 Å². The average Bonchev–Trinajstić information content (AvgIpc) is 3.32. The normalized spacial score (nSPS) is 28.3. The van der Waals surface area contributed by atoms with Gasteiger partial charge in [-0.3, -0.25) is 14.2 Å². The third kappa shape index (κ3) is 3.44. The Kier molecular flexibility index (Phi) is 4.68. The smallest absolute Gasteiger partial charge is 0.294 e. The lowest BCUT2D eigenvalue weighted by molar-refractivity contribution is -0.133. The van der Waals surface area contributed by atoms with E-state index in [1.807, 2.05) is 36.1 Å². The van der Waals surface area contributed by atoms with Gasteiger partial charge in [-0.15, -0.1) is 0 Å². The number of carbonyl (C=O) groups excluding carboxylic acids is 1. The molecule has 3 fully saturated rings. The number of hydrogen-bond donors (Lipinski definition) is 0. The first-order chi connectivity index (χ1) is 14.7. The fourth-order valence-electron chi connectivity index (χ4n) is 6.73. The largest absolute Gasteiger partial charge is 0.348 e. The van der Waals surface area contributed by atoms with Gasteiger partial charge in [0.25, 0.3) is 5.56 Å². The first kappa shape index (κ1) is 20.5. The molecule has 6 nitrogen and oxygen atoms in total. The van der Waals surface area contributed by atoms with Crippen LogP contribution in [0.2, 0.25) is 0 Å². The van der Waals surface area contributed by atoms with Crippen molar-refractivity contribution in [2.24, 2.45) is 10.8 Å². The highest BCUT2D eigenvalue weighted by atomic mass is 16.2. The number of anilines is 1. The van der Waals surface area contributed by atoms with Crippen molar-refractivity contribution in [3.8, 4) is 0 Å². The second-order valence-corrected chi connectivity index (χ2v) is 11.1. The van der Waals surface area contributed by atoms with Crippen molar-refractivity contribution in [1.82, 2.24) is 14.5 Å². The van der Waals surface area contributed by atoms with Crippen LogP contribution >= 0.6 is 0 Å². The maximum absolute atomic E-state index is 13.9. The Bertz CT molecular complexity index is 1080. The molecule has 3 aliphatic rings. The molecular formula is C25H34N4O2. The summed E-state index contributed by atoms with van der Waals surface area (Å²) in [6, 6.07) is 7.52. The van der Waals surface area contributed by atoms with E-state index in [1.165, 1.54) is 6.42 Å². The summed E-state index contributed by atoms with van der Waals surface area (Å²) in [4.78, 5) is 36.1. The number of benzene rings is 1. The predicted octanol–water partition coefficient (Wildman–Crippen LogP) is 3.98. The minimum atomic E-state index is -0.536. The van der Waals surface area contributed by atoms with Crippen LogP contribution in [0.4, 0.5) is 5.82 Å². The van der Waals surface area contributed by atoms with E-state index in [0.717, 1.165) is 56.4 Å². The van der Waals surface area contributed by atoms with E-state index in [1.54, 1.807) is 4.57 Å². The van der Waals surface area contributed by atoms with Crippen molar-refractivity contribution in [3.63, 3.8) is 0 Å². The Morgan fingerprint density at radius 1 is 1.13 bits per heavy atom. The number of nitrogens with zero attached hydrogens (tertiary/aromatic N) is 4. The molecule has 2 aromatic rings. The SMILES string of the molecule is CC(C(=O)N1CCCC1)n1c(=O)c(N2CC3(C)CC2CC(C)(C)C3)nc2ccccc21. The molecule has 2 saturated heterocycles. The van der Waals surface area contributed by atoms with Gasteiger partial charge in [-0.1, -0.05) is 32.9 Å². The van der Waals surface area contributed by atoms with Crippen LogP contribution in [0.25, 0.3) is 11.0 Å². The van der Waals surface area contributed by atoms with Gasteiger partial charge in [-0.25, -0.2) is 4.98 Å². The second kappa shape index (κ2) is 7.07. The van der Waals surface area contributed by atoms with Crippen molar-refractivity contribution < 1.29 is 4.79 Å². The van der Waals surface area contributed by atoms with E-state index < -0.39 is 6.04 Å². The van der Waals surface area contributed by atoms with Crippen LogP contribution in [0.1, 0.15) is 65.8 Å². The number of amides is 1. The molecule has 166 valence electrons. The summed E-state index contributed by atoms with van der Waals surface area (Å²) in [6.07, 6.45) is 5.42. The molecule has 2 bridgehead atoms. The zero-order valence-corrected chi connectivity index (χ0v) is 19.2. The maximum atomic E-state index is 13.9. The first-order valence-electron chi connectivity index (χ1n) is 11.7. The topological polar surface area (TPSA) is 58.4 Å². The number of hydrogen-bond acceptors (Lipinski definition) is 4. The fourth-order valence-corrected chi connectivity index (χ4v) is 6.73. The molecule has 1 aliphatic carbocycles. The predicted molar refractivity (Wildman–Crippen MR) is 123 cm³/mol. The molecule has 0 N–H and O–H groups in total. The van der Waals surface area contributed by atoms with Gasteiger partial charge in [0.2, 0.25) is 5.91 Å². The fraction of sp³-hybridized carbons (Fsp3) is 0.640. The Balaban J connectivity index is 1.62. The van der Waals surface area contributed by atoms with Gasteiger partial charge in [0.1, 0.15) is 6.04 Å². The standard InChI is InChI=1S/C25H34N4O2/c1-17(22(30)27-11-7-8-12-27)29-20-10-6-5-9-19(20)26-21(23(29)31)28-16-25(4)14-18(28)13-24(2,3)15-25/h5-6,9-10,17-18H,7-8,11-16H2,1-4H3. The molecule has 31 heavy (non-hydrogen) atoms. The van der Waals surface area contributed by atoms with Crippen LogP contribution in [0, 0.1) is 10.8 Å². The van der Waals surface area contributed by atoms with Gasteiger partial charge in [0, 0.05) is 25.7 Å². The highest BCUT2D eigenvalue weighted by Crippen LogP contribution is 2.53. The average molecular weight is 423 g/mol. The van der Waals surface area contributed by atoms with Crippen LogP contribution in [-0.2, 0) is 4.79 Å². The van der Waals surface area contributed by atoms with E-state index >= 15 is 0 Å². The Morgan fingerprint density at radius 3 is 2.58 bits per heavy atom. The summed E-state index contributed by atoms with van der Waals surface area (Å²) in [5.74, 6) is 0.557. The van der Waals surface area contributed by atoms with Crippen molar-refractivity contribution >= 4 is 22.8 Å². The monoisotopic (exact) mass is 422 g/mol. The highest BCUT2D eigenvalue weighted by Gasteiger charge is 2.50. The van der Waals surface area contributed by atoms with Gasteiger partial charge in [-0.05, 0) is 62.0 Å². The quantitative estimate of drug-likeness (QED) is 0.751. The summed E-state index contributed by atoms with van der Waals surface area (Å²) < 4.78 is 1.70. The van der Waals surface area contributed by atoms with Gasteiger partial charge in [0.05, 0.1) is 11.0 Å². The van der Waals surface area contributed by atoms with Crippen LogP contribution < -0.4 is 10.5 Å².